The average Bonchev–Trinajstić information content (AvgIpc) is 3.34. The predicted octanol–water partition coefficient (Wildman–Crippen LogP) is 3.20. The first kappa shape index (κ1) is 16.6. The summed E-state index contributed by atoms with van der Waals surface area (Å²) in [7, 11) is 0. The quantitative estimate of drug-likeness (QED) is 0.888. The van der Waals surface area contributed by atoms with Crippen LogP contribution in [0.1, 0.15) is 49.9 Å². The minimum atomic E-state index is 0.0779. The van der Waals surface area contributed by atoms with Crippen LogP contribution in [0.4, 0.5) is 0 Å². The number of ether oxygens (including phenoxy) is 1. The zero-order chi connectivity index (χ0) is 16.5. The zero-order valence-electron chi connectivity index (χ0n) is 14.4. The van der Waals surface area contributed by atoms with Crippen molar-refractivity contribution in [2.75, 3.05) is 19.6 Å². The molecule has 2 bridgehead atoms. The fourth-order valence-corrected chi connectivity index (χ4v) is 5.33. The maximum Gasteiger partial charge on any atom is 0.225 e. The maximum atomic E-state index is 12.6. The van der Waals surface area contributed by atoms with Crippen LogP contribution in [0.5, 0.6) is 0 Å². The molecule has 4 atom stereocenters. The summed E-state index contributed by atoms with van der Waals surface area (Å²) in [5.74, 6) is 1.11. The van der Waals surface area contributed by atoms with Gasteiger partial charge < -0.3 is 10.1 Å². The van der Waals surface area contributed by atoms with Crippen molar-refractivity contribution in [2.24, 2.45) is 11.8 Å². The number of thiophene rings is 1. The smallest absolute Gasteiger partial charge is 0.225 e. The summed E-state index contributed by atoms with van der Waals surface area (Å²) in [6.45, 7) is 5.34. The van der Waals surface area contributed by atoms with E-state index in [2.05, 4.69) is 34.7 Å². The van der Waals surface area contributed by atoms with Crippen molar-refractivity contribution in [2.45, 2.75) is 57.3 Å². The van der Waals surface area contributed by atoms with Gasteiger partial charge in [-0.15, -0.1) is 11.3 Å². The first-order chi connectivity index (χ1) is 11.7. The number of likely N-dealkylation sites (tertiary alicyclic amines) is 1. The van der Waals surface area contributed by atoms with Crippen molar-refractivity contribution >= 4 is 17.2 Å². The molecule has 0 saturated carbocycles. The maximum absolute atomic E-state index is 12.6. The number of hydrogen-bond acceptors (Lipinski definition) is 4. The number of rotatable bonds is 5. The molecule has 4 unspecified atom stereocenters. The molecule has 3 aliphatic rings. The van der Waals surface area contributed by atoms with Gasteiger partial charge >= 0.3 is 0 Å². The average molecular weight is 349 g/mol. The van der Waals surface area contributed by atoms with E-state index in [9.17, 15) is 4.79 Å². The van der Waals surface area contributed by atoms with Crippen molar-refractivity contribution in [3.63, 3.8) is 0 Å². The standard InChI is InChI=1S/C19H28N2O2S/c1-13-6-8-21(9-7-13)16(18-3-2-10-24-18)12-20-19(22)15-11-14-4-5-17(15)23-14/h2-3,10,13-17H,4-9,11-12H2,1H3,(H,20,22). The summed E-state index contributed by atoms with van der Waals surface area (Å²) in [5, 5.41) is 5.39. The van der Waals surface area contributed by atoms with Crippen molar-refractivity contribution in [1.82, 2.24) is 10.2 Å². The minimum absolute atomic E-state index is 0.0779. The van der Waals surface area contributed by atoms with E-state index < -0.39 is 0 Å². The molecule has 3 fully saturated rings. The third kappa shape index (κ3) is 3.39. The van der Waals surface area contributed by atoms with Crippen molar-refractivity contribution in [1.29, 1.82) is 0 Å². The Hall–Kier alpha value is -0.910. The summed E-state index contributed by atoms with van der Waals surface area (Å²) >= 11 is 1.80. The number of amides is 1. The Balaban J connectivity index is 1.38. The highest BCUT2D eigenvalue weighted by atomic mass is 32.1. The van der Waals surface area contributed by atoms with Gasteiger partial charge in [0.15, 0.2) is 0 Å². The Morgan fingerprint density at radius 1 is 1.38 bits per heavy atom. The molecule has 5 heteroatoms. The predicted molar refractivity (Wildman–Crippen MR) is 96.0 cm³/mol. The highest BCUT2D eigenvalue weighted by Crippen LogP contribution is 2.39. The van der Waals surface area contributed by atoms with Gasteiger partial charge in [-0.05, 0) is 62.6 Å². The summed E-state index contributed by atoms with van der Waals surface area (Å²) in [6.07, 6.45) is 6.14. The van der Waals surface area contributed by atoms with Gasteiger partial charge in [0, 0.05) is 11.4 Å². The molecule has 1 aromatic rings. The third-order valence-corrected chi connectivity index (χ3v) is 7.02. The van der Waals surface area contributed by atoms with Crippen molar-refractivity contribution in [3.8, 4) is 0 Å². The molecule has 3 aliphatic heterocycles. The van der Waals surface area contributed by atoms with Gasteiger partial charge in [-0.3, -0.25) is 9.69 Å². The Bertz CT molecular complexity index is 554. The van der Waals surface area contributed by atoms with Crippen LogP contribution in [0.3, 0.4) is 0 Å². The van der Waals surface area contributed by atoms with E-state index >= 15 is 0 Å². The summed E-state index contributed by atoms with van der Waals surface area (Å²) in [6, 6.07) is 4.65. The van der Waals surface area contributed by atoms with Crippen LogP contribution >= 0.6 is 11.3 Å². The third-order valence-electron chi connectivity index (χ3n) is 6.04. The van der Waals surface area contributed by atoms with Gasteiger partial charge in [-0.1, -0.05) is 13.0 Å². The molecule has 4 nitrogen and oxygen atoms in total. The topological polar surface area (TPSA) is 41.6 Å². The SMILES string of the molecule is CC1CCN(C(CNC(=O)C2CC3CCC2O3)c2cccs2)CC1. The number of hydrogen-bond donors (Lipinski definition) is 1. The van der Waals surface area contributed by atoms with Crippen LogP contribution in [0.25, 0.3) is 0 Å². The molecule has 1 amide bonds. The molecule has 4 heterocycles. The molecule has 0 radical (unpaired) electrons. The van der Waals surface area contributed by atoms with E-state index in [0.717, 1.165) is 44.8 Å². The molecule has 1 aromatic heterocycles. The van der Waals surface area contributed by atoms with E-state index in [1.54, 1.807) is 11.3 Å². The second-order valence-corrected chi connectivity index (χ2v) is 8.69. The van der Waals surface area contributed by atoms with Crippen molar-refractivity contribution < 1.29 is 9.53 Å². The molecule has 132 valence electrons. The minimum Gasteiger partial charge on any atom is -0.374 e. The van der Waals surface area contributed by atoms with Crippen LogP contribution in [-0.2, 0) is 9.53 Å². The van der Waals surface area contributed by atoms with Crippen LogP contribution < -0.4 is 5.32 Å². The lowest BCUT2D eigenvalue weighted by molar-refractivity contribution is -0.126. The van der Waals surface area contributed by atoms with Crippen LogP contribution in [0, 0.1) is 11.8 Å². The van der Waals surface area contributed by atoms with Crippen molar-refractivity contribution in [3.05, 3.63) is 22.4 Å². The molecular formula is C19H28N2O2S. The molecule has 1 N–H and O–H groups in total. The molecule has 4 rings (SSSR count). The van der Waals surface area contributed by atoms with E-state index in [1.165, 1.54) is 17.7 Å². The van der Waals surface area contributed by atoms with E-state index in [1.807, 2.05) is 0 Å². The number of nitrogens with zero attached hydrogens (tertiary/aromatic N) is 1. The second kappa shape index (κ2) is 7.14. The first-order valence-electron chi connectivity index (χ1n) is 9.41. The molecule has 0 aromatic carbocycles. The molecule has 24 heavy (non-hydrogen) atoms. The lowest BCUT2D eigenvalue weighted by atomic mass is 9.88. The number of nitrogens with one attached hydrogen (secondary N) is 1. The Morgan fingerprint density at radius 3 is 2.83 bits per heavy atom. The highest BCUT2D eigenvalue weighted by Gasteiger charge is 2.44. The molecule has 0 spiro atoms. The zero-order valence-corrected chi connectivity index (χ0v) is 15.3. The molecular weight excluding hydrogens is 320 g/mol. The van der Waals surface area contributed by atoms with Gasteiger partial charge in [-0.25, -0.2) is 0 Å². The monoisotopic (exact) mass is 348 g/mol. The lowest BCUT2D eigenvalue weighted by Crippen LogP contribution is -2.44. The van der Waals surface area contributed by atoms with Gasteiger partial charge in [-0.2, -0.15) is 0 Å². The fourth-order valence-electron chi connectivity index (χ4n) is 4.47. The van der Waals surface area contributed by atoms with Crippen LogP contribution in [-0.4, -0.2) is 42.6 Å². The van der Waals surface area contributed by atoms with E-state index in [4.69, 9.17) is 4.74 Å². The largest absolute Gasteiger partial charge is 0.374 e. The number of carbonyl (C=O) groups excluding carboxylic acids is 1. The Labute approximate surface area is 148 Å². The number of fused-ring (bicyclic) bond motifs is 2. The molecule has 3 saturated heterocycles. The van der Waals surface area contributed by atoms with E-state index in [0.29, 0.717) is 12.1 Å². The second-order valence-electron chi connectivity index (χ2n) is 7.71. The van der Waals surface area contributed by atoms with Gasteiger partial charge in [0.25, 0.3) is 0 Å². The first-order valence-corrected chi connectivity index (χ1v) is 10.3. The summed E-state index contributed by atoms with van der Waals surface area (Å²) < 4.78 is 5.84. The highest BCUT2D eigenvalue weighted by molar-refractivity contribution is 7.10. The fraction of sp³-hybridized carbons (Fsp3) is 0.737. The van der Waals surface area contributed by atoms with E-state index in [-0.39, 0.29) is 17.9 Å². The van der Waals surface area contributed by atoms with Crippen LogP contribution in [0.2, 0.25) is 0 Å². The summed E-state index contributed by atoms with van der Waals surface area (Å²) in [5.41, 5.74) is 0. The normalized spacial score (nSPS) is 32.1. The Kier molecular flexibility index (Phi) is 4.93. The molecule has 0 aliphatic carbocycles. The lowest BCUT2D eigenvalue weighted by Gasteiger charge is -2.36. The van der Waals surface area contributed by atoms with Gasteiger partial charge in [0.05, 0.1) is 24.2 Å². The Morgan fingerprint density at radius 2 is 2.21 bits per heavy atom. The number of carbonyl (C=O) groups is 1. The van der Waals surface area contributed by atoms with Gasteiger partial charge in [0.2, 0.25) is 5.91 Å². The summed E-state index contributed by atoms with van der Waals surface area (Å²) in [4.78, 5) is 16.6. The van der Waals surface area contributed by atoms with Crippen LogP contribution in [0.15, 0.2) is 17.5 Å². The van der Waals surface area contributed by atoms with Gasteiger partial charge in [0.1, 0.15) is 0 Å². The number of piperidine rings is 1.